The lowest BCUT2D eigenvalue weighted by Crippen LogP contribution is -2.15. The standard InChI is InChI=1S/C8H7N5O/c9-7-11-6(12-8(14)13-7)5-2-1-3-10-4-5/h1-4H,(H3,9,11,12,13,14). The van der Waals surface area contributed by atoms with Crippen molar-refractivity contribution in [3.05, 3.63) is 35.0 Å². The van der Waals surface area contributed by atoms with Gasteiger partial charge in [0.1, 0.15) is 5.82 Å². The SMILES string of the molecule is Nc1nc(-c2cccnc2)[nH]c(=O)n1. The van der Waals surface area contributed by atoms with Gasteiger partial charge in [-0.3, -0.25) is 9.97 Å². The van der Waals surface area contributed by atoms with Gasteiger partial charge in [0.2, 0.25) is 5.95 Å². The average Bonchev–Trinajstić information content (AvgIpc) is 2.18. The number of nitrogens with zero attached hydrogens (tertiary/aromatic N) is 3. The predicted octanol–water partition coefficient (Wildman–Crippen LogP) is -0.191. The number of nitrogens with one attached hydrogen (secondary N) is 1. The molecule has 0 radical (unpaired) electrons. The molecule has 6 nitrogen and oxygen atoms in total. The first-order valence-electron chi connectivity index (χ1n) is 3.90. The predicted molar refractivity (Wildman–Crippen MR) is 50.3 cm³/mol. The van der Waals surface area contributed by atoms with Crippen LogP contribution in [0, 0.1) is 0 Å². The van der Waals surface area contributed by atoms with Crippen LogP contribution < -0.4 is 11.4 Å². The summed E-state index contributed by atoms with van der Waals surface area (Å²) in [7, 11) is 0. The number of nitrogens with two attached hydrogens (primary N) is 1. The van der Waals surface area contributed by atoms with E-state index in [1.54, 1.807) is 24.5 Å². The lowest BCUT2D eigenvalue weighted by molar-refractivity contribution is 1.01. The summed E-state index contributed by atoms with van der Waals surface area (Å²) in [6, 6.07) is 3.51. The molecule has 0 saturated carbocycles. The molecule has 0 atom stereocenters. The summed E-state index contributed by atoms with van der Waals surface area (Å²) in [5.74, 6) is 0.322. The first-order valence-corrected chi connectivity index (χ1v) is 3.90. The molecule has 0 aliphatic carbocycles. The van der Waals surface area contributed by atoms with Crippen molar-refractivity contribution >= 4 is 5.95 Å². The van der Waals surface area contributed by atoms with Crippen LogP contribution in [0.1, 0.15) is 0 Å². The molecule has 0 spiro atoms. The van der Waals surface area contributed by atoms with Gasteiger partial charge < -0.3 is 5.73 Å². The van der Waals surface area contributed by atoms with E-state index in [1.807, 2.05) is 0 Å². The highest BCUT2D eigenvalue weighted by Crippen LogP contribution is 2.10. The topological polar surface area (TPSA) is 97.5 Å². The maximum atomic E-state index is 11.0. The number of hydrogen-bond donors (Lipinski definition) is 2. The van der Waals surface area contributed by atoms with Crippen molar-refractivity contribution in [1.82, 2.24) is 19.9 Å². The number of nitrogen functional groups attached to an aromatic ring is 1. The van der Waals surface area contributed by atoms with E-state index in [1.165, 1.54) is 0 Å². The van der Waals surface area contributed by atoms with Gasteiger partial charge in [0.25, 0.3) is 0 Å². The molecule has 0 unspecified atom stereocenters. The lowest BCUT2D eigenvalue weighted by atomic mass is 10.3. The summed E-state index contributed by atoms with van der Waals surface area (Å²) in [6.45, 7) is 0. The van der Waals surface area contributed by atoms with Gasteiger partial charge in [-0.1, -0.05) is 0 Å². The summed E-state index contributed by atoms with van der Waals surface area (Å²) in [6.07, 6.45) is 3.21. The Hall–Kier alpha value is -2.24. The zero-order chi connectivity index (χ0) is 9.97. The van der Waals surface area contributed by atoms with Gasteiger partial charge in [-0.05, 0) is 12.1 Å². The summed E-state index contributed by atoms with van der Waals surface area (Å²) in [5.41, 5.74) is 5.51. The van der Waals surface area contributed by atoms with Crippen molar-refractivity contribution in [3.63, 3.8) is 0 Å². The van der Waals surface area contributed by atoms with Crippen molar-refractivity contribution in [2.45, 2.75) is 0 Å². The summed E-state index contributed by atoms with van der Waals surface area (Å²) >= 11 is 0. The van der Waals surface area contributed by atoms with E-state index in [4.69, 9.17) is 5.73 Å². The fraction of sp³-hybridized carbons (Fsp3) is 0. The van der Waals surface area contributed by atoms with Crippen LogP contribution in [0.15, 0.2) is 29.3 Å². The second-order valence-electron chi connectivity index (χ2n) is 2.60. The Kier molecular flexibility index (Phi) is 1.94. The molecular formula is C8H7N5O. The van der Waals surface area contributed by atoms with E-state index in [9.17, 15) is 4.79 Å². The van der Waals surface area contributed by atoms with Gasteiger partial charge in [-0.15, -0.1) is 0 Å². The van der Waals surface area contributed by atoms with Crippen LogP contribution in [0.4, 0.5) is 5.95 Å². The van der Waals surface area contributed by atoms with Gasteiger partial charge in [-0.25, -0.2) is 4.79 Å². The Morgan fingerprint density at radius 1 is 1.36 bits per heavy atom. The third-order valence-electron chi connectivity index (χ3n) is 1.60. The van der Waals surface area contributed by atoms with Crippen LogP contribution in [0.3, 0.4) is 0 Å². The van der Waals surface area contributed by atoms with Crippen LogP contribution in [-0.4, -0.2) is 19.9 Å². The fourth-order valence-corrected chi connectivity index (χ4v) is 1.04. The molecule has 6 heteroatoms. The molecule has 2 rings (SSSR count). The number of rotatable bonds is 1. The molecule has 0 fully saturated rings. The molecule has 0 amide bonds. The van der Waals surface area contributed by atoms with Crippen LogP contribution >= 0.6 is 0 Å². The third-order valence-corrected chi connectivity index (χ3v) is 1.60. The number of aromatic amines is 1. The van der Waals surface area contributed by atoms with Crippen LogP contribution in [-0.2, 0) is 0 Å². The molecule has 0 bridgehead atoms. The summed E-state index contributed by atoms with van der Waals surface area (Å²) in [4.78, 5) is 24.6. The minimum atomic E-state index is -0.517. The highest BCUT2D eigenvalue weighted by molar-refractivity contribution is 5.53. The molecule has 2 aromatic heterocycles. The number of anilines is 1. The van der Waals surface area contributed by atoms with Gasteiger partial charge in [0.15, 0.2) is 0 Å². The Morgan fingerprint density at radius 2 is 2.21 bits per heavy atom. The maximum Gasteiger partial charge on any atom is 0.349 e. The molecule has 3 N–H and O–H groups in total. The molecule has 2 aromatic rings. The zero-order valence-corrected chi connectivity index (χ0v) is 7.14. The monoisotopic (exact) mass is 189 g/mol. The normalized spacial score (nSPS) is 10.0. The van der Waals surface area contributed by atoms with Crippen molar-refractivity contribution in [1.29, 1.82) is 0 Å². The van der Waals surface area contributed by atoms with Gasteiger partial charge >= 0.3 is 5.69 Å². The second-order valence-corrected chi connectivity index (χ2v) is 2.60. The quantitative estimate of drug-likeness (QED) is 0.647. The highest BCUT2D eigenvalue weighted by Gasteiger charge is 2.01. The fourth-order valence-electron chi connectivity index (χ4n) is 1.04. The summed E-state index contributed by atoms with van der Waals surface area (Å²) in [5, 5.41) is 0. The average molecular weight is 189 g/mol. The largest absolute Gasteiger partial charge is 0.368 e. The molecule has 0 aliphatic heterocycles. The van der Waals surface area contributed by atoms with Gasteiger partial charge in [-0.2, -0.15) is 9.97 Å². The van der Waals surface area contributed by atoms with Crippen molar-refractivity contribution in [2.75, 3.05) is 5.73 Å². The Balaban J connectivity index is 2.58. The maximum absolute atomic E-state index is 11.0. The highest BCUT2D eigenvalue weighted by atomic mass is 16.1. The van der Waals surface area contributed by atoms with E-state index in [2.05, 4.69) is 19.9 Å². The van der Waals surface area contributed by atoms with Crippen molar-refractivity contribution < 1.29 is 0 Å². The Bertz CT molecular complexity index is 493. The third kappa shape index (κ3) is 1.58. The van der Waals surface area contributed by atoms with Crippen molar-refractivity contribution in [2.24, 2.45) is 0 Å². The van der Waals surface area contributed by atoms with E-state index >= 15 is 0 Å². The van der Waals surface area contributed by atoms with Gasteiger partial charge in [0, 0.05) is 18.0 Å². The molecule has 70 valence electrons. The molecule has 0 aliphatic rings. The number of H-pyrrole nitrogens is 1. The zero-order valence-electron chi connectivity index (χ0n) is 7.14. The van der Waals surface area contributed by atoms with Gasteiger partial charge in [0.05, 0.1) is 0 Å². The first kappa shape index (κ1) is 8.36. The number of aromatic nitrogens is 4. The van der Waals surface area contributed by atoms with E-state index in [-0.39, 0.29) is 5.95 Å². The minimum absolute atomic E-state index is 0.0485. The minimum Gasteiger partial charge on any atom is -0.368 e. The van der Waals surface area contributed by atoms with Crippen LogP contribution in [0.2, 0.25) is 0 Å². The molecule has 0 saturated heterocycles. The smallest absolute Gasteiger partial charge is 0.349 e. The first-order chi connectivity index (χ1) is 6.75. The van der Waals surface area contributed by atoms with E-state index in [0.29, 0.717) is 11.4 Å². The Labute approximate surface area is 78.9 Å². The van der Waals surface area contributed by atoms with E-state index < -0.39 is 5.69 Å². The van der Waals surface area contributed by atoms with Crippen LogP contribution in [0.5, 0.6) is 0 Å². The number of hydrogen-bond acceptors (Lipinski definition) is 5. The molecule has 14 heavy (non-hydrogen) atoms. The van der Waals surface area contributed by atoms with Crippen LogP contribution in [0.25, 0.3) is 11.4 Å². The molecular weight excluding hydrogens is 182 g/mol. The van der Waals surface area contributed by atoms with E-state index in [0.717, 1.165) is 0 Å². The lowest BCUT2D eigenvalue weighted by Gasteiger charge is -1.98. The Morgan fingerprint density at radius 3 is 2.86 bits per heavy atom. The molecule has 0 aromatic carbocycles. The number of pyridine rings is 1. The summed E-state index contributed by atoms with van der Waals surface area (Å²) < 4.78 is 0. The molecule has 2 heterocycles. The second kappa shape index (κ2) is 3.25. The van der Waals surface area contributed by atoms with Crippen molar-refractivity contribution in [3.8, 4) is 11.4 Å².